The van der Waals surface area contributed by atoms with Gasteiger partial charge in [-0.25, -0.2) is 0 Å². The van der Waals surface area contributed by atoms with Crippen LogP contribution in [0.3, 0.4) is 0 Å². The number of nitrogens with zero attached hydrogens (tertiary/aromatic N) is 2. The summed E-state index contributed by atoms with van der Waals surface area (Å²) in [5.74, 6) is -1.17. The fraction of sp³-hybridized carbons (Fsp3) is 0.444. The average molecular weight is 229 g/mol. The molecule has 0 saturated carbocycles. The summed E-state index contributed by atoms with van der Waals surface area (Å²) in [6.07, 6.45) is 0.835. The number of carbonyl (C=O) groups is 1. The van der Waals surface area contributed by atoms with Crippen molar-refractivity contribution in [3.8, 4) is 0 Å². The van der Waals surface area contributed by atoms with Gasteiger partial charge in [0.2, 0.25) is 5.76 Å². The lowest BCUT2D eigenvalue weighted by Gasteiger charge is -2.12. The van der Waals surface area contributed by atoms with E-state index in [1.165, 1.54) is 19.0 Å². The number of nitrogens with two attached hydrogens (primary N) is 1. The molecule has 0 rings (SSSR count). The second-order valence-corrected chi connectivity index (χ2v) is 3.19. The zero-order chi connectivity index (χ0) is 12.9. The van der Waals surface area contributed by atoms with E-state index in [1.807, 2.05) is 0 Å². The van der Waals surface area contributed by atoms with Crippen LogP contribution in [0.1, 0.15) is 13.3 Å². The second-order valence-electron chi connectivity index (χ2n) is 3.19. The van der Waals surface area contributed by atoms with Gasteiger partial charge in [0.05, 0.1) is 16.7 Å². The minimum absolute atomic E-state index is 0.0431. The summed E-state index contributed by atoms with van der Waals surface area (Å²) in [5.41, 5.74) is 4.30. The van der Waals surface area contributed by atoms with Crippen molar-refractivity contribution in [2.24, 2.45) is 5.73 Å². The summed E-state index contributed by atoms with van der Waals surface area (Å²) in [6.45, 7) is 1.61. The molecule has 0 saturated heterocycles. The fourth-order valence-corrected chi connectivity index (χ4v) is 1.07. The largest absolute Gasteiger partial charge is 0.502 e. The second kappa shape index (κ2) is 5.74. The van der Waals surface area contributed by atoms with Gasteiger partial charge in [-0.3, -0.25) is 14.9 Å². The zero-order valence-electron chi connectivity index (χ0n) is 9.43. The minimum atomic E-state index is -0.839. The lowest BCUT2D eigenvalue weighted by atomic mass is 10.1. The minimum Gasteiger partial charge on any atom is -0.502 e. The summed E-state index contributed by atoms with van der Waals surface area (Å²) >= 11 is 0. The van der Waals surface area contributed by atoms with Gasteiger partial charge in [-0.05, 0) is 6.42 Å². The quantitative estimate of drug-likeness (QED) is 0.238. The van der Waals surface area contributed by atoms with E-state index >= 15 is 0 Å². The Morgan fingerprint density at radius 3 is 2.31 bits per heavy atom. The van der Waals surface area contributed by atoms with Gasteiger partial charge in [-0.2, -0.15) is 0 Å². The number of rotatable bonds is 4. The van der Waals surface area contributed by atoms with E-state index in [2.05, 4.69) is 0 Å². The molecule has 0 fully saturated rings. The number of hydrogen-bond donors (Lipinski definition) is 2. The van der Waals surface area contributed by atoms with Crippen molar-refractivity contribution >= 4 is 5.91 Å². The van der Waals surface area contributed by atoms with Gasteiger partial charge in [-0.15, -0.1) is 0 Å². The van der Waals surface area contributed by atoms with E-state index < -0.39 is 22.3 Å². The Hall–Kier alpha value is -2.05. The Kier molecular flexibility index (Phi) is 5.00. The van der Waals surface area contributed by atoms with Crippen molar-refractivity contribution in [2.45, 2.75) is 13.3 Å². The first-order valence-electron chi connectivity index (χ1n) is 4.57. The molecule has 0 atom stereocenters. The molecule has 0 heterocycles. The Morgan fingerprint density at radius 1 is 1.56 bits per heavy atom. The van der Waals surface area contributed by atoms with Crippen LogP contribution in [0.5, 0.6) is 0 Å². The normalized spacial score (nSPS) is 13.1. The highest BCUT2D eigenvalue weighted by Crippen LogP contribution is 2.16. The van der Waals surface area contributed by atoms with E-state index in [4.69, 9.17) is 5.73 Å². The molecule has 1 amide bonds. The molecule has 0 aromatic carbocycles. The highest BCUT2D eigenvalue weighted by Gasteiger charge is 2.24. The third kappa shape index (κ3) is 2.97. The summed E-state index contributed by atoms with van der Waals surface area (Å²) in [6, 6.07) is 0. The molecular weight excluding hydrogens is 214 g/mol. The maximum absolute atomic E-state index is 11.6. The van der Waals surface area contributed by atoms with Crippen molar-refractivity contribution in [2.75, 3.05) is 14.1 Å². The summed E-state index contributed by atoms with van der Waals surface area (Å²) in [5, 5.41) is 20.1. The van der Waals surface area contributed by atoms with Crippen LogP contribution in [0.15, 0.2) is 23.2 Å². The van der Waals surface area contributed by atoms with Gasteiger partial charge >= 0.3 is 5.70 Å². The highest BCUT2D eigenvalue weighted by molar-refractivity contribution is 5.94. The highest BCUT2D eigenvalue weighted by atomic mass is 16.6. The predicted octanol–water partition coefficient (Wildman–Crippen LogP) is 0.374. The Bertz CT molecular complexity index is 358. The number of aliphatic hydroxyl groups is 1. The molecule has 0 aliphatic heterocycles. The van der Waals surface area contributed by atoms with Crippen LogP contribution >= 0.6 is 0 Å². The average Bonchev–Trinajstić information content (AvgIpc) is 2.18. The number of hydrogen-bond acceptors (Lipinski definition) is 5. The number of amides is 1. The van der Waals surface area contributed by atoms with Crippen molar-refractivity contribution in [3.63, 3.8) is 0 Å². The molecule has 7 nitrogen and oxygen atoms in total. The molecular formula is C9H15N3O4. The van der Waals surface area contributed by atoms with Crippen LogP contribution in [0, 0.1) is 10.1 Å². The van der Waals surface area contributed by atoms with Crippen molar-refractivity contribution < 1.29 is 14.8 Å². The van der Waals surface area contributed by atoms with Crippen LogP contribution in [-0.4, -0.2) is 34.9 Å². The van der Waals surface area contributed by atoms with Gasteiger partial charge in [0.25, 0.3) is 5.91 Å². The standard InChI is InChI=1S/C9H15N3O4/c1-4-6(9(14)11(2)3)8(13)7(5-10)12(15)16/h5,13H,4,10H2,1-3H3/b7-5+,8-6-. The maximum atomic E-state index is 11.6. The monoisotopic (exact) mass is 229 g/mol. The molecule has 0 aliphatic carbocycles. The predicted molar refractivity (Wildman–Crippen MR) is 57.9 cm³/mol. The molecule has 0 radical (unpaired) electrons. The molecule has 0 unspecified atom stereocenters. The van der Waals surface area contributed by atoms with Crippen LogP contribution in [0.25, 0.3) is 0 Å². The molecule has 0 bridgehead atoms. The van der Waals surface area contributed by atoms with Crippen molar-refractivity contribution in [1.82, 2.24) is 4.90 Å². The SMILES string of the molecule is CC/C(C(=O)N(C)C)=C(O)\C(=C/N)[N+](=O)[O-]. The molecule has 90 valence electrons. The molecule has 16 heavy (non-hydrogen) atoms. The number of carbonyl (C=O) groups excluding carboxylic acids is 1. The van der Waals surface area contributed by atoms with Crippen molar-refractivity contribution in [3.05, 3.63) is 33.3 Å². The first kappa shape index (κ1) is 13.9. The first-order chi connectivity index (χ1) is 7.36. The fourth-order valence-electron chi connectivity index (χ4n) is 1.07. The number of likely N-dealkylation sites (N-methyl/N-ethyl adjacent to an activating group) is 1. The smallest absolute Gasteiger partial charge is 0.326 e. The Balaban J connectivity index is 5.48. The van der Waals surface area contributed by atoms with Gasteiger partial charge in [0, 0.05) is 14.1 Å². The van der Waals surface area contributed by atoms with E-state index in [9.17, 15) is 20.0 Å². The van der Waals surface area contributed by atoms with E-state index in [-0.39, 0.29) is 12.0 Å². The molecule has 0 aliphatic rings. The van der Waals surface area contributed by atoms with Gasteiger partial charge in [0.15, 0.2) is 0 Å². The van der Waals surface area contributed by atoms with Crippen molar-refractivity contribution in [1.29, 1.82) is 0 Å². The van der Waals surface area contributed by atoms with E-state index in [0.717, 1.165) is 0 Å². The van der Waals surface area contributed by atoms with E-state index in [0.29, 0.717) is 6.20 Å². The van der Waals surface area contributed by atoms with Crippen LogP contribution < -0.4 is 5.73 Å². The van der Waals surface area contributed by atoms with Gasteiger partial charge < -0.3 is 15.7 Å². The third-order valence-corrected chi connectivity index (χ3v) is 1.90. The first-order valence-corrected chi connectivity index (χ1v) is 4.57. The Morgan fingerprint density at radius 2 is 2.06 bits per heavy atom. The number of nitro groups is 1. The summed E-state index contributed by atoms with van der Waals surface area (Å²) < 4.78 is 0. The number of aliphatic hydroxyl groups excluding tert-OH is 1. The molecule has 0 spiro atoms. The Labute approximate surface area is 93.0 Å². The van der Waals surface area contributed by atoms with Crippen LogP contribution in [-0.2, 0) is 4.79 Å². The molecule has 3 N–H and O–H groups in total. The zero-order valence-corrected chi connectivity index (χ0v) is 9.43. The van der Waals surface area contributed by atoms with Crippen LogP contribution in [0.4, 0.5) is 0 Å². The third-order valence-electron chi connectivity index (χ3n) is 1.90. The lowest BCUT2D eigenvalue weighted by Crippen LogP contribution is -2.25. The van der Waals surface area contributed by atoms with E-state index in [1.54, 1.807) is 6.92 Å². The lowest BCUT2D eigenvalue weighted by molar-refractivity contribution is -0.424. The molecule has 0 aromatic heterocycles. The van der Waals surface area contributed by atoms with Gasteiger partial charge in [-0.1, -0.05) is 6.92 Å². The van der Waals surface area contributed by atoms with Gasteiger partial charge in [0.1, 0.15) is 0 Å². The van der Waals surface area contributed by atoms with Crippen LogP contribution in [0.2, 0.25) is 0 Å². The maximum Gasteiger partial charge on any atom is 0.326 e. The summed E-state index contributed by atoms with van der Waals surface area (Å²) in [4.78, 5) is 22.5. The summed E-state index contributed by atoms with van der Waals surface area (Å²) in [7, 11) is 2.98. The molecule has 7 heteroatoms. The topological polar surface area (TPSA) is 110 Å². The molecule has 0 aromatic rings.